The van der Waals surface area contributed by atoms with E-state index < -0.39 is 17.5 Å². The van der Waals surface area contributed by atoms with Gasteiger partial charge in [-0.15, -0.1) is 0 Å². The van der Waals surface area contributed by atoms with Crippen molar-refractivity contribution in [2.75, 3.05) is 6.54 Å². The molecule has 1 amide bonds. The molecule has 1 aromatic rings. The minimum absolute atomic E-state index is 0.206. The van der Waals surface area contributed by atoms with Crippen LogP contribution in [0.25, 0.3) is 0 Å². The van der Waals surface area contributed by atoms with Gasteiger partial charge < -0.3 is 11.1 Å². The normalized spacial score (nSPS) is 12.2. The fourth-order valence-electron chi connectivity index (χ4n) is 1.25. The molecular formula is C11H14F2N2O. The molecule has 0 bridgehead atoms. The highest BCUT2D eigenvalue weighted by atomic mass is 19.1. The van der Waals surface area contributed by atoms with Gasteiger partial charge in [-0.1, -0.05) is 6.07 Å². The predicted octanol–water partition coefficient (Wildman–Crippen LogP) is 0.971. The van der Waals surface area contributed by atoms with Crippen LogP contribution in [0.1, 0.15) is 12.5 Å². The van der Waals surface area contributed by atoms with E-state index in [1.807, 2.05) is 0 Å². The standard InChI is InChI=1S/C11H14F2N2O/c1-7(6-14)15-11(16)5-8-9(12)3-2-4-10(8)13/h2-4,7H,5-6,14H2,1H3,(H,15,16). The van der Waals surface area contributed by atoms with E-state index in [0.717, 1.165) is 12.1 Å². The van der Waals surface area contributed by atoms with Crippen LogP contribution >= 0.6 is 0 Å². The molecule has 0 saturated heterocycles. The van der Waals surface area contributed by atoms with Crippen LogP contribution in [-0.4, -0.2) is 18.5 Å². The molecule has 0 fully saturated rings. The van der Waals surface area contributed by atoms with E-state index in [1.165, 1.54) is 6.07 Å². The molecule has 5 heteroatoms. The Labute approximate surface area is 92.6 Å². The first-order valence-corrected chi connectivity index (χ1v) is 4.97. The van der Waals surface area contributed by atoms with E-state index in [0.29, 0.717) is 0 Å². The molecule has 1 rings (SSSR count). The van der Waals surface area contributed by atoms with Gasteiger partial charge in [-0.2, -0.15) is 0 Å². The molecule has 0 aliphatic rings. The molecule has 0 aromatic heterocycles. The second kappa shape index (κ2) is 5.55. The van der Waals surface area contributed by atoms with Gasteiger partial charge in [0.2, 0.25) is 5.91 Å². The molecule has 0 saturated carbocycles. The Balaban J connectivity index is 2.70. The number of rotatable bonds is 4. The summed E-state index contributed by atoms with van der Waals surface area (Å²) in [6.07, 6.45) is -0.317. The first-order valence-electron chi connectivity index (χ1n) is 4.97. The monoisotopic (exact) mass is 228 g/mol. The second-order valence-corrected chi connectivity index (χ2v) is 3.58. The fraction of sp³-hybridized carbons (Fsp3) is 0.364. The van der Waals surface area contributed by atoms with E-state index in [9.17, 15) is 13.6 Å². The third-order valence-corrected chi connectivity index (χ3v) is 2.16. The Hall–Kier alpha value is -1.49. The molecule has 88 valence electrons. The average Bonchev–Trinajstić information content (AvgIpc) is 2.23. The summed E-state index contributed by atoms with van der Waals surface area (Å²) in [5.74, 6) is -1.87. The minimum Gasteiger partial charge on any atom is -0.352 e. The molecular weight excluding hydrogens is 214 g/mol. The predicted molar refractivity (Wildman–Crippen MR) is 56.7 cm³/mol. The SMILES string of the molecule is CC(CN)NC(=O)Cc1c(F)cccc1F. The van der Waals surface area contributed by atoms with Crippen LogP contribution in [0.5, 0.6) is 0 Å². The van der Waals surface area contributed by atoms with Crippen molar-refractivity contribution in [1.82, 2.24) is 5.32 Å². The third-order valence-electron chi connectivity index (χ3n) is 2.16. The van der Waals surface area contributed by atoms with E-state index in [1.54, 1.807) is 6.92 Å². The molecule has 0 aliphatic carbocycles. The first kappa shape index (κ1) is 12.6. The largest absolute Gasteiger partial charge is 0.352 e. The lowest BCUT2D eigenvalue weighted by molar-refractivity contribution is -0.121. The van der Waals surface area contributed by atoms with Crippen molar-refractivity contribution in [3.63, 3.8) is 0 Å². The van der Waals surface area contributed by atoms with Crippen molar-refractivity contribution in [3.05, 3.63) is 35.4 Å². The van der Waals surface area contributed by atoms with E-state index in [4.69, 9.17) is 5.73 Å². The van der Waals surface area contributed by atoms with Gasteiger partial charge in [-0.3, -0.25) is 4.79 Å². The Morgan fingerprint density at radius 2 is 2.00 bits per heavy atom. The van der Waals surface area contributed by atoms with Gasteiger partial charge in [-0.05, 0) is 19.1 Å². The molecule has 1 unspecified atom stereocenters. The van der Waals surface area contributed by atoms with Crippen molar-refractivity contribution >= 4 is 5.91 Å². The second-order valence-electron chi connectivity index (χ2n) is 3.58. The van der Waals surface area contributed by atoms with Crippen molar-refractivity contribution in [1.29, 1.82) is 0 Å². The Morgan fingerprint density at radius 1 is 1.44 bits per heavy atom. The highest BCUT2D eigenvalue weighted by molar-refractivity contribution is 5.78. The van der Waals surface area contributed by atoms with Crippen LogP contribution in [-0.2, 0) is 11.2 Å². The van der Waals surface area contributed by atoms with Gasteiger partial charge in [0.15, 0.2) is 0 Å². The summed E-state index contributed by atoms with van der Waals surface area (Å²) in [6, 6.07) is 3.30. The maximum atomic E-state index is 13.2. The summed E-state index contributed by atoms with van der Waals surface area (Å²) < 4.78 is 26.4. The van der Waals surface area contributed by atoms with Gasteiger partial charge >= 0.3 is 0 Å². The van der Waals surface area contributed by atoms with Crippen molar-refractivity contribution < 1.29 is 13.6 Å². The number of nitrogens with one attached hydrogen (secondary N) is 1. The number of hydrogen-bond donors (Lipinski definition) is 2. The van der Waals surface area contributed by atoms with Gasteiger partial charge in [-0.25, -0.2) is 8.78 Å². The van der Waals surface area contributed by atoms with E-state index in [-0.39, 0.29) is 24.6 Å². The maximum Gasteiger partial charge on any atom is 0.224 e. The van der Waals surface area contributed by atoms with Gasteiger partial charge in [0, 0.05) is 18.2 Å². The van der Waals surface area contributed by atoms with Crippen LogP contribution < -0.4 is 11.1 Å². The van der Waals surface area contributed by atoms with Crippen molar-refractivity contribution in [2.45, 2.75) is 19.4 Å². The van der Waals surface area contributed by atoms with Crippen LogP contribution in [0.2, 0.25) is 0 Å². The summed E-state index contributed by atoms with van der Waals surface area (Å²) in [4.78, 5) is 11.4. The minimum atomic E-state index is -0.712. The molecule has 3 nitrogen and oxygen atoms in total. The topological polar surface area (TPSA) is 55.1 Å². The van der Waals surface area contributed by atoms with Crippen LogP contribution in [0.15, 0.2) is 18.2 Å². The summed E-state index contributed by atoms with van der Waals surface area (Å²) in [7, 11) is 0. The van der Waals surface area contributed by atoms with Crippen molar-refractivity contribution in [2.24, 2.45) is 5.73 Å². The van der Waals surface area contributed by atoms with E-state index in [2.05, 4.69) is 5.32 Å². The fourth-order valence-corrected chi connectivity index (χ4v) is 1.25. The maximum absolute atomic E-state index is 13.2. The zero-order valence-electron chi connectivity index (χ0n) is 8.97. The Kier molecular flexibility index (Phi) is 4.37. The molecule has 0 aliphatic heterocycles. The molecule has 0 spiro atoms. The van der Waals surface area contributed by atoms with E-state index >= 15 is 0 Å². The molecule has 1 atom stereocenters. The highest BCUT2D eigenvalue weighted by Gasteiger charge is 2.13. The van der Waals surface area contributed by atoms with Crippen LogP contribution in [0, 0.1) is 11.6 Å². The van der Waals surface area contributed by atoms with Gasteiger partial charge in [0.25, 0.3) is 0 Å². The number of amides is 1. The van der Waals surface area contributed by atoms with Crippen molar-refractivity contribution in [3.8, 4) is 0 Å². The number of carbonyl (C=O) groups is 1. The van der Waals surface area contributed by atoms with Crippen LogP contribution in [0.3, 0.4) is 0 Å². The molecule has 1 aromatic carbocycles. The number of benzene rings is 1. The lowest BCUT2D eigenvalue weighted by atomic mass is 10.1. The molecule has 16 heavy (non-hydrogen) atoms. The number of nitrogens with two attached hydrogens (primary N) is 1. The highest BCUT2D eigenvalue weighted by Crippen LogP contribution is 2.12. The lowest BCUT2D eigenvalue weighted by Crippen LogP contribution is -2.38. The summed E-state index contributed by atoms with van der Waals surface area (Å²) in [6.45, 7) is 2.00. The average molecular weight is 228 g/mol. The zero-order valence-corrected chi connectivity index (χ0v) is 8.97. The molecule has 3 N–H and O–H groups in total. The first-order chi connectivity index (χ1) is 7.54. The Morgan fingerprint density at radius 3 is 2.50 bits per heavy atom. The summed E-state index contributed by atoms with van der Waals surface area (Å²) in [5, 5.41) is 2.54. The number of carbonyl (C=O) groups excluding carboxylic acids is 1. The number of hydrogen-bond acceptors (Lipinski definition) is 2. The third kappa shape index (κ3) is 3.27. The quantitative estimate of drug-likeness (QED) is 0.806. The molecule has 0 heterocycles. The summed E-state index contributed by atoms with van der Waals surface area (Å²) >= 11 is 0. The smallest absolute Gasteiger partial charge is 0.224 e. The summed E-state index contributed by atoms with van der Waals surface area (Å²) in [5.41, 5.74) is 5.09. The Bertz CT molecular complexity index is 362. The number of halogens is 2. The zero-order chi connectivity index (χ0) is 12.1. The van der Waals surface area contributed by atoms with Gasteiger partial charge in [0.1, 0.15) is 11.6 Å². The lowest BCUT2D eigenvalue weighted by Gasteiger charge is -2.11. The van der Waals surface area contributed by atoms with Crippen LogP contribution in [0.4, 0.5) is 8.78 Å². The molecule has 0 radical (unpaired) electrons. The van der Waals surface area contributed by atoms with Gasteiger partial charge in [0.05, 0.1) is 6.42 Å².